The molecule has 3 saturated heterocycles. The van der Waals surface area contributed by atoms with Gasteiger partial charge in [0.2, 0.25) is 0 Å². The van der Waals surface area contributed by atoms with Gasteiger partial charge in [0.25, 0.3) is 0 Å². The Kier molecular flexibility index (Phi) is 3.30. The first kappa shape index (κ1) is 20.5. The van der Waals surface area contributed by atoms with E-state index in [0.717, 1.165) is 29.4 Å². The summed E-state index contributed by atoms with van der Waals surface area (Å²) in [6.45, 7) is 7.27. The largest absolute Gasteiger partial charge is 0.456 e. The highest BCUT2D eigenvalue weighted by molar-refractivity contribution is 5.89. The average molecular weight is 465 g/mol. The third-order valence-electron chi connectivity index (χ3n) is 12.7. The summed E-state index contributed by atoms with van der Waals surface area (Å²) in [4.78, 5) is 13.1. The molecule has 6 heteroatoms. The van der Waals surface area contributed by atoms with E-state index in [-0.39, 0.29) is 23.8 Å². The van der Waals surface area contributed by atoms with Crippen LogP contribution in [0.3, 0.4) is 0 Å². The van der Waals surface area contributed by atoms with E-state index in [9.17, 15) is 20.1 Å². The normalized spacial score (nSPS) is 61.3. The van der Waals surface area contributed by atoms with Crippen LogP contribution in [0.2, 0.25) is 0 Å². The summed E-state index contributed by atoms with van der Waals surface area (Å²) in [5.74, 6) is 0.129. The predicted molar refractivity (Wildman–Crippen MR) is 122 cm³/mol. The van der Waals surface area contributed by atoms with Crippen LogP contribution in [0.4, 0.5) is 0 Å². The number of fused-ring (bicyclic) bond motifs is 1. The summed E-state index contributed by atoms with van der Waals surface area (Å²) in [6.07, 6.45) is 0.808. The number of rotatable bonds is 2. The van der Waals surface area contributed by atoms with E-state index < -0.39 is 46.1 Å². The molecule has 9 aliphatic rings. The van der Waals surface area contributed by atoms with Gasteiger partial charge in [-0.1, -0.05) is 31.7 Å². The lowest BCUT2D eigenvalue weighted by atomic mass is 9.37. The Bertz CT molecular complexity index is 1170. The van der Waals surface area contributed by atoms with Crippen LogP contribution in [0.25, 0.3) is 0 Å². The number of esters is 1. The highest BCUT2D eigenvalue weighted by Crippen LogP contribution is 2.89. The third-order valence-corrected chi connectivity index (χ3v) is 12.7. The molecule has 9 bridgehead atoms. The summed E-state index contributed by atoms with van der Waals surface area (Å²) in [7, 11) is 2.34. The first-order chi connectivity index (χ1) is 16.1. The van der Waals surface area contributed by atoms with Crippen molar-refractivity contribution in [1.82, 2.24) is 0 Å². The summed E-state index contributed by atoms with van der Waals surface area (Å²) >= 11 is 0. The molecule has 1 aromatic carbocycles. The fraction of sp³-hybridized carbons (Fsp3) is 0.679. The van der Waals surface area contributed by atoms with Crippen LogP contribution < -0.4 is 0 Å². The predicted octanol–water partition coefficient (Wildman–Crippen LogP) is 1.89. The van der Waals surface area contributed by atoms with Gasteiger partial charge < -0.3 is 24.5 Å². The van der Waals surface area contributed by atoms with Gasteiger partial charge in [-0.3, -0.25) is 0 Å². The molecule has 0 aromatic heterocycles. The second-order valence-electron chi connectivity index (χ2n) is 13.3. The lowest BCUT2D eigenvalue weighted by Gasteiger charge is -2.67. The Morgan fingerprint density at radius 1 is 1.15 bits per heavy atom. The van der Waals surface area contributed by atoms with Gasteiger partial charge in [0.1, 0.15) is 18.2 Å². The van der Waals surface area contributed by atoms with E-state index in [4.69, 9.17) is 4.74 Å². The van der Waals surface area contributed by atoms with Gasteiger partial charge in [-0.25, -0.2) is 4.79 Å². The minimum atomic E-state index is -1.02. The number of hydrogen-bond acceptors (Lipinski definition) is 5. The van der Waals surface area contributed by atoms with Crippen molar-refractivity contribution in [2.45, 2.75) is 68.6 Å². The maximum Gasteiger partial charge on any atom is 0.338 e. The van der Waals surface area contributed by atoms with Crippen molar-refractivity contribution >= 4 is 5.97 Å². The molecule has 34 heavy (non-hydrogen) atoms. The van der Waals surface area contributed by atoms with E-state index in [0.29, 0.717) is 24.4 Å². The first-order valence-corrected chi connectivity index (χ1v) is 12.9. The molecule has 6 saturated carbocycles. The Morgan fingerprint density at radius 3 is 2.62 bits per heavy atom. The SMILES string of the molecule is C=C1C2CC3C4C56CC(OC(=O)c7ccccc7)C(O)C7(C)C[N+]4(C)C(CC3(C1O)C5(O)C2)C76. The van der Waals surface area contributed by atoms with Crippen LogP contribution in [0.5, 0.6) is 0 Å². The molecule has 2 spiro atoms. The van der Waals surface area contributed by atoms with E-state index in [1.807, 2.05) is 18.2 Å². The molecule has 0 radical (unpaired) electrons. The molecule has 6 aliphatic carbocycles. The number of nitrogens with zero attached hydrogens (tertiary/aromatic N) is 1. The highest BCUT2D eigenvalue weighted by Gasteiger charge is 2.99. The number of benzene rings is 1. The van der Waals surface area contributed by atoms with Gasteiger partial charge in [0.05, 0.1) is 47.7 Å². The quantitative estimate of drug-likeness (QED) is 0.354. The monoisotopic (exact) mass is 464 g/mol. The molecule has 3 N–H and O–H groups in total. The fourth-order valence-electron chi connectivity index (χ4n) is 12.3. The molecule has 3 aliphatic heterocycles. The molecule has 180 valence electrons. The van der Waals surface area contributed by atoms with Crippen molar-refractivity contribution in [3.05, 3.63) is 48.0 Å². The maximum atomic E-state index is 13.1. The van der Waals surface area contributed by atoms with Crippen LogP contribution in [0.15, 0.2) is 42.5 Å². The number of aliphatic hydroxyl groups is 3. The zero-order valence-corrected chi connectivity index (χ0v) is 19.9. The van der Waals surface area contributed by atoms with Crippen molar-refractivity contribution in [2.75, 3.05) is 13.6 Å². The first-order valence-electron chi connectivity index (χ1n) is 12.9. The van der Waals surface area contributed by atoms with E-state index in [2.05, 4.69) is 20.6 Å². The molecule has 10 rings (SSSR count). The fourth-order valence-corrected chi connectivity index (χ4v) is 12.3. The Morgan fingerprint density at radius 2 is 1.88 bits per heavy atom. The molecule has 6 nitrogen and oxygen atoms in total. The number of piperidine rings is 2. The standard InChI is InChI=1S/C28H34NO5/c1-14-16-9-17-21-27-12-19(34-24(32)15-7-5-4-6-8-15)23(31)25(2)13-29(21,3)18(20(25)27)11-26(17,22(14)30)28(27,33)10-16/h4-8,16-23,30-31,33H,1,9-13H2,2-3H3/q+1. The molecule has 13 atom stereocenters. The summed E-state index contributed by atoms with van der Waals surface area (Å²) < 4.78 is 6.96. The van der Waals surface area contributed by atoms with Crippen LogP contribution in [-0.4, -0.2) is 75.4 Å². The second-order valence-corrected chi connectivity index (χ2v) is 13.3. The van der Waals surface area contributed by atoms with Gasteiger partial charge in [-0.05, 0) is 36.5 Å². The number of aliphatic hydroxyl groups excluding tert-OH is 2. The van der Waals surface area contributed by atoms with Gasteiger partial charge in [-0.2, -0.15) is 0 Å². The summed E-state index contributed by atoms with van der Waals surface area (Å²) in [6, 6.07) is 9.50. The minimum Gasteiger partial charge on any atom is -0.456 e. The van der Waals surface area contributed by atoms with Gasteiger partial charge >= 0.3 is 5.97 Å². The number of ether oxygens (including phenoxy) is 1. The third kappa shape index (κ3) is 1.65. The van der Waals surface area contributed by atoms with Crippen LogP contribution in [-0.2, 0) is 4.74 Å². The van der Waals surface area contributed by atoms with Crippen molar-refractivity contribution in [2.24, 2.45) is 34.0 Å². The van der Waals surface area contributed by atoms with E-state index in [1.54, 1.807) is 12.1 Å². The van der Waals surface area contributed by atoms with Crippen LogP contribution in [0.1, 0.15) is 43.0 Å². The smallest absolute Gasteiger partial charge is 0.338 e. The van der Waals surface area contributed by atoms with Crippen LogP contribution >= 0.6 is 0 Å². The molecular formula is C28H34NO5+. The average Bonchev–Trinajstić information content (AvgIpc) is 3.13. The maximum absolute atomic E-state index is 13.1. The zero-order valence-electron chi connectivity index (χ0n) is 19.9. The van der Waals surface area contributed by atoms with Crippen molar-refractivity contribution in [3.63, 3.8) is 0 Å². The molecular weight excluding hydrogens is 430 g/mol. The minimum absolute atomic E-state index is 0.138. The molecule has 1 aromatic rings. The highest BCUT2D eigenvalue weighted by atomic mass is 16.6. The number of carbonyl (C=O) groups is 1. The molecule has 9 fully saturated rings. The summed E-state index contributed by atoms with van der Waals surface area (Å²) in [5, 5.41) is 36.2. The Balaban J connectivity index is 1.29. The van der Waals surface area contributed by atoms with Gasteiger partial charge in [-0.15, -0.1) is 0 Å². The van der Waals surface area contributed by atoms with Crippen molar-refractivity contribution < 1.29 is 29.3 Å². The zero-order chi connectivity index (χ0) is 23.6. The number of hydrogen-bond donors (Lipinski definition) is 3. The lowest BCUT2D eigenvalue weighted by Crippen LogP contribution is -2.75. The Labute approximate surface area is 199 Å². The molecule has 0 amide bonds. The van der Waals surface area contributed by atoms with Crippen molar-refractivity contribution in [3.8, 4) is 0 Å². The van der Waals surface area contributed by atoms with E-state index >= 15 is 0 Å². The number of carbonyl (C=O) groups excluding carboxylic acids is 1. The van der Waals surface area contributed by atoms with E-state index in [1.165, 1.54) is 0 Å². The van der Waals surface area contributed by atoms with Gasteiger partial charge in [0.15, 0.2) is 0 Å². The Hall–Kier alpha value is -1.73. The topological polar surface area (TPSA) is 87.0 Å². The second kappa shape index (κ2) is 5.49. The van der Waals surface area contributed by atoms with Gasteiger partial charge in [0, 0.05) is 30.1 Å². The molecule has 13 unspecified atom stereocenters. The van der Waals surface area contributed by atoms with Crippen molar-refractivity contribution in [1.29, 1.82) is 0 Å². The lowest BCUT2D eigenvalue weighted by molar-refractivity contribution is -0.952. The molecule has 3 heterocycles. The summed E-state index contributed by atoms with van der Waals surface area (Å²) in [5.41, 5.74) is -1.08. The number of quaternary nitrogens is 1. The van der Waals surface area contributed by atoms with Crippen LogP contribution in [0, 0.1) is 34.0 Å².